The van der Waals surface area contributed by atoms with Crippen molar-refractivity contribution in [3.05, 3.63) is 24.0 Å². The standard InChI is InChI=1S/C11H11F5N2O2S/c1-21(20)8-3-2-6(4-7(8)12)18-10(19)17-5-11(15,16)9(13)14/h2-4,9H,5H2,1H3,(H2,17,18,19)/t21-/m1/s1. The highest BCUT2D eigenvalue weighted by molar-refractivity contribution is 7.84. The summed E-state index contributed by atoms with van der Waals surface area (Å²) in [6, 6.07) is 1.99. The normalized spacial score (nSPS) is 13.1. The van der Waals surface area contributed by atoms with E-state index in [1.165, 1.54) is 12.3 Å². The summed E-state index contributed by atoms with van der Waals surface area (Å²) in [5, 5.41) is 3.54. The Morgan fingerprint density at radius 1 is 1.38 bits per heavy atom. The zero-order valence-corrected chi connectivity index (χ0v) is 11.4. The van der Waals surface area contributed by atoms with Crippen LogP contribution in [0.4, 0.5) is 32.4 Å². The van der Waals surface area contributed by atoms with E-state index in [1.54, 1.807) is 5.32 Å². The summed E-state index contributed by atoms with van der Waals surface area (Å²) in [6.45, 7) is -1.56. The Kier molecular flexibility index (Phi) is 5.64. The van der Waals surface area contributed by atoms with E-state index in [-0.39, 0.29) is 10.6 Å². The van der Waals surface area contributed by atoms with Gasteiger partial charge >= 0.3 is 18.4 Å². The van der Waals surface area contributed by atoms with Crippen LogP contribution in [0.15, 0.2) is 23.1 Å². The van der Waals surface area contributed by atoms with Gasteiger partial charge in [0.05, 0.1) is 22.2 Å². The van der Waals surface area contributed by atoms with Gasteiger partial charge in [-0.1, -0.05) is 0 Å². The van der Waals surface area contributed by atoms with E-state index >= 15 is 0 Å². The molecule has 0 radical (unpaired) electrons. The van der Waals surface area contributed by atoms with Crippen LogP contribution in [-0.2, 0) is 10.8 Å². The SMILES string of the molecule is C[S@@](=O)c1ccc(NC(=O)NCC(F)(F)C(F)F)cc1F. The van der Waals surface area contributed by atoms with Gasteiger partial charge < -0.3 is 10.6 Å². The second-order valence-electron chi connectivity index (χ2n) is 3.97. The highest BCUT2D eigenvalue weighted by Gasteiger charge is 2.40. The average molecular weight is 330 g/mol. The molecule has 1 rings (SSSR count). The van der Waals surface area contributed by atoms with Gasteiger partial charge in [-0.2, -0.15) is 8.78 Å². The van der Waals surface area contributed by atoms with Crippen LogP contribution in [0.3, 0.4) is 0 Å². The highest BCUT2D eigenvalue weighted by atomic mass is 32.2. The van der Waals surface area contributed by atoms with Crippen molar-refractivity contribution in [3.63, 3.8) is 0 Å². The zero-order chi connectivity index (χ0) is 16.2. The molecule has 21 heavy (non-hydrogen) atoms. The Balaban J connectivity index is 2.64. The van der Waals surface area contributed by atoms with Crippen molar-refractivity contribution in [1.82, 2.24) is 5.32 Å². The number of rotatable bonds is 5. The molecule has 0 fully saturated rings. The molecule has 0 unspecified atom stereocenters. The number of carbonyl (C=O) groups is 1. The molecule has 118 valence electrons. The third-order valence-corrected chi connectivity index (χ3v) is 3.25. The second kappa shape index (κ2) is 6.83. The summed E-state index contributed by atoms with van der Waals surface area (Å²) in [7, 11) is -1.57. The van der Waals surface area contributed by atoms with E-state index in [0.29, 0.717) is 0 Å². The van der Waals surface area contributed by atoms with Gasteiger partial charge in [0.15, 0.2) is 0 Å². The Morgan fingerprint density at radius 3 is 2.48 bits per heavy atom. The van der Waals surface area contributed by atoms with Crippen LogP contribution < -0.4 is 10.6 Å². The van der Waals surface area contributed by atoms with Crippen molar-refractivity contribution in [2.75, 3.05) is 18.1 Å². The molecule has 0 spiro atoms. The number of alkyl halides is 4. The molecule has 1 aromatic rings. The molecule has 0 heterocycles. The molecule has 0 saturated heterocycles. The largest absolute Gasteiger partial charge is 0.332 e. The predicted octanol–water partition coefficient (Wildman–Crippen LogP) is 2.59. The van der Waals surface area contributed by atoms with Crippen molar-refractivity contribution in [2.45, 2.75) is 17.2 Å². The molecule has 1 atom stereocenters. The molecule has 0 aliphatic carbocycles. The summed E-state index contributed by atoms with van der Waals surface area (Å²) in [6.07, 6.45) is -2.65. The van der Waals surface area contributed by atoms with Gasteiger partial charge in [-0.15, -0.1) is 0 Å². The van der Waals surface area contributed by atoms with Gasteiger partial charge in [0.1, 0.15) is 5.82 Å². The van der Waals surface area contributed by atoms with Crippen LogP contribution in [0.1, 0.15) is 0 Å². The maximum absolute atomic E-state index is 13.4. The van der Waals surface area contributed by atoms with Crippen molar-refractivity contribution in [1.29, 1.82) is 0 Å². The third-order valence-electron chi connectivity index (χ3n) is 2.30. The zero-order valence-electron chi connectivity index (χ0n) is 10.6. The number of hydrogen-bond acceptors (Lipinski definition) is 2. The summed E-state index contributed by atoms with van der Waals surface area (Å²) in [5.41, 5.74) is -0.0976. The number of anilines is 1. The summed E-state index contributed by atoms with van der Waals surface area (Å²) in [4.78, 5) is 11.1. The smallest absolute Gasteiger partial charge is 0.324 e. The van der Waals surface area contributed by atoms with E-state index < -0.39 is 41.5 Å². The number of nitrogens with one attached hydrogen (secondary N) is 2. The fourth-order valence-corrected chi connectivity index (χ4v) is 1.86. The van der Waals surface area contributed by atoms with Gasteiger partial charge in [-0.25, -0.2) is 18.0 Å². The Hall–Kier alpha value is -1.71. The van der Waals surface area contributed by atoms with E-state index in [2.05, 4.69) is 0 Å². The third kappa shape index (κ3) is 4.96. The molecule has 2 N–H and O–H groups in total. The molecule has 0 saturated carbocycles. The number of benzene rings is 1. The maximum Gasteiger partial charge on any atom is 0.324 e. The molecule has 1 aromatic carbocycles. The van der Waals surface area contributed by atoms with Gasteiger partial charge in [-0.05, 0) is 18.2 Å². The van der Waals surface area contributed by atoms with Gasteiger partial charge in [0, 0.05) is 11.9 Å². The maximum atomic E-state index is 13.4. The first-order chi connectivity index (χ1) is 9.63. The van der Waals surface area contributed by atoms with Crippen molar-refractivity contribution in [2.24, 2.45) is 0 Å². The van der Waals surface area contributed by atoms with Crippen LogP contribution in [-0.4, -0.2) is 35.4 Å². The number of carbonyl (C=O) groups excluding carboxylic acids is 1. The van der Waals surface area contributed by atoms with Gasteiger partial charge in [0.25, 0.3) is 0 Å². The predicted molar refractivity (Wildman–Crippen MR) is 66.7 cm³/mol. The van der Waals surface area contributed by atoms with E-state index in [1.807, 2.05) is 5.32 Å². The first kappa shape index (κ1) is 17.3. The van der Waals surface area contributed by atoms with Crippen LogP contribution >= 0.6 is 0 Å². The van der Waals surface area contributed by atoms with Gasteiger partial charge in [0.2, 0.25) is 0 Å². The summed E-state index contributed by atoms with van der Waals surface area (Å²) in [5.74, 6) is -5.21. The molecule has 10 heteroatoms. The molecular weight excluding hydrogens is 319 g/mol. The monoisotopic (exact) mass is 330 g/mol. The van der Waals surface area contributed by atoms with Crippen LogP contribution in [0.5, 0.6) is 0 Å². The first-order valence-electron chi connectivity index (χ1n) is 5.47. The molecule has 0 aliphatic rings. The van der Waals surface area contributed by atoms with E-state index in [4.69, 9.17) is 0 Å². The lowest BCUT2D eigenvalue weighted by Crippen LogP contribution is -2.42. The lowest BCUT2D eigenvalue weighted by atomic mass is 10.3. The van der Waals surface area contributed by atoms with E-state index in [0.717, 1.165) is 12.1 Å². The quantitative estimate of drug-likeness (QED) is 0.816. The minimum absolute atomic E-state index is 0.0924. The highest BCUT2D eigenvalue weighted by Crippen LogP contribution is 2.21. The number of amides is 2. The number of hydrogen-bond donors (Lipinski definition) is 2. The second-order valence-corrected chi connectivity index (χ2v) is 5.32. The minimum atomic E-state index is -4.36. The van der Waals surface area contributed by atoms with Crippen molar-refractivity contribution in [3.8, 4) is 0 Å². The number of halogens is 5. The molecular formula is C11H11F5N2O2S. The molecule has 0 aromatic heterocycles. The van der Waals surface area contributed by atoms with Crippen molar-refractivity contribution < 1.29 is 31.0 Å². The lowest BCUT2D eigenvalue weighted by Gasteiger charge is -2.16. The Bertz CT molecular complexity index is 553. The van der Waals surface area contributed by atoms with Crippen LogP contribution in [0.2, 0.25) is 0 Å². The van der Waals surface area contributed by atoms with Crippen molar-refractivity contribution >= 4 is 22.5 Å². The van der Waals surface area contributed by atoms with Gasteiger partial charge in [-0.3, -0.25) is 4.21 Å². The van der Waals surface area contributed by atoms with Crippen LogP contribution in [0.25, 0.3) is 0 Å². The molecule has 0 aliphatic heterocycles. The average Bonchev–Trinajstić information content (AvgIpc) is 2.36. The summed E-state index contributed by atoms with van der Waals surface area (Å²) >= 11 is 0. The Morgan fingerprint density at radius 2 is 2.00 bits per heavy atom. The topological polar surface area (TPSA) is 58.2 Å². The fourth-order valence-electron chi connectivity index (χ4n) is 1.26. The molecule has 4 nitrogen and oxygen atoms in total. The minimum Gasteiger partial charge on any atom is -0.332 e. The lowest BCUT2D eigenvalue weighted by molar-refractivity contribution is -0.123. The van der Waals surface area contributed by atoms with E-state index in [9.17, 15) is 31.0 Å². The molecule has 0 bridgehead atoms. The molecule has 2 amide bonds. The summed E-state index contributed by atoms with van der Waals surface area (Å²) < 4.78 is 73.4. The first-order valence-corrected chi connectivity index (χ1v) is 7.03. The Labute approximate surface area is 119 Å². The number of urea groups is 1. The van der Waals surface area contributed by atoms with Crippen LogP contribution in [0, 0.1) is 5.82 Å². The fraction of sp³-hybridized carbons (Fsp3) is 0.364.